The Bertz CT molecular complexity index is 1190. The molecule has 0 saturated heterocycles. The second kappa shape index (κ2) is 12.3. The van der Waals surface area contributed by atoms with Gasteiger partial charge < -0.3 is 28.8 Å². The lowest BCUT2D eigenvalue weighted by Crippen LogP contribution is -2.46. The first-order chi connectivity index (χ1) is 18.0. The fourth-order valence-corrected chi connectivity index (χ4v) is 4.86. The van der Waals surface area contributed by atoms with Gasteiger partial charge in [0.25, 0.3) is 5.91 Å². The summed E-state index contributed by atoms with van der Waals surface area (Å²) in [5, 5.41) is 3.21. The third-order valence-corrected chi connectivity index (χ3v) is 6.76. The molecule has 0 bridgehead atoms. The zero-order chi connectivity index (χ0) is 26.2. The van der Waals surface area contributed by atoms with Gasteiger partial charge in [-0.3, -0.25) is 9.59 Å². The van der Waals surface area contributed by atoms with Crippen LogP contribution in [-0.4, -0.2) is 44.1 Å². The average Bonchev–Trinajstić information content (AvgIpc) is 3.48. The molecule has 1 aliphatic rings. The lowest BCUT2D eigenvalue weighted by molar-refractivity contribution is -0.127. The van der Waals surface area contributed by atoms with Crippen LogP contribution in [0.1, 0.15) is 59.8 Å². The Morgan fingerprint density at radius 1 is 0.919 bits per heavy atom. The van der Waals surface area contributed by atoms with Crippen LogP contribution in [0, 0.1) is 0 Å². The summed E-state index contributed by atoms with van der Waals surface area (Å²) < 4.78 is 22.0. The third kappa shape index (κ3) is 6.07. The van der Waals surface area contributed by atoms with E-state index >= 15 is 0 Å². The highest BCUT2D eigenvalue weighted by Gasteiger charge is 2.35. The van der Waals surface area contributed by atoms with Crippen molar-refractivity contribution in [2.75, 3.05) is 21.3 Å². The van der Waals surface area contributed by atoms with Crippen molar-refractivity contribution in [1.82, 2.24) is 10.2 Å². The maximum absolute atomic E-state index is 14.0. The first-order valence-electron chi connectivity index (χ1n) is 12.5. The summed E-state index contributed by atoms with van der Waals surface area (Å²) in [6.45, 7) is 0.126. The molecule has 0 spiro atoms. The molecule has 2 amide bonds. The number of nitrogens with one attached hydrogen (secondary N) is 1. The normalized spacial score (nSPS) is 14.5. The molecule has 3 aromatic rings. The number of rotatable bonds is 10. The number of methoxy groups -OCH3 is 3. The minimum Gasteiger partial charge on any atom is -0.496 e. The number of carbonyl (C=O) groups excluding carboxylic acids is 2. The second-order valence-corrected chi connectivity index (χ2v) is 9.08. The molecule has 0 unspecified atom stereocenters. The Labute approximate surface area is 217 Å². The van der Waals surface area contributed by atoms with E-state index in [1.165, 1.54) is 17.6 Å². The SMILES string of the molecule is COc1ccccc1CN(C(=O)c1ccco1)[C@H](C(=O)NC1CCCCC1)c1ccc(OC)c(OC)c1. The molecular formula is C29H34N2O6. The van der Waals surface area contributed by atoms with Gasteiger partial charge in [-0.25, -0.2) is 0 Å². The molecule has 1 aromatic heterocycles. The zero-order valence-electron chi connectivity index (χ0n) is 21.6. The summed E-state index contributed by atoms with van der Waals surface area (Å²) >= 11 is 0. The standard InChI is InChI=1S/C29H34N2O6/c1-34-23-13-8-7-10-21(23)19-31(29(33)25-14-9-17-37-25)27(28(32)30-22-11-5-4-6-12-22)20-15-16-24(35-2)26(18-20)36-3/h7-10,13-18,22,27H,4-6,11-12,19H2,1-3H3,(H,30,32)/t27-/m0/s1. The van der Waals surface area contributed by atoms with Crippen LogP contribution in [0.5, 0.6) is 17.2 Å². The quantitative estimate of drug-likeness (QED) is 0.410. The number of ether oxygens (including phenoxy) is 3. The van der Waals surface area contributed by atoms with Crippen LogP contribution in [0.15, 0.2) is 65.3 Å². The molecule has 196 valence electrons. The van der Waals surface area contributed by atoms with Crippen molar-refractivity contribution >= 4 is 11.8 Å². The van der Waals surface area contributed by atoms with Crippen molar-refractivity contribution in [3.63, 3.8) is 0 Å². The van der Waals surface area contributed by atoms with Crippen molar-refractivity contribution in [2.24, 2.45) is 0 Å². The highest BCUT2D eigenvalue weighted by Crippen LogP contribution is 2.35. The molecule has 8 heteroatoms. The monoisotopic (exact) mass is 506 g/mol. The molecule has 1 aliphatic carbocycles. The molecule has 0 aliphatic heterocycles. The van der Waals surface area contributed by atoms with Gasteiger partial charge in [0.15, 0.2) is 17.3 Å². The van der Waals surface area contributed by atoms with Gasteiger partial charge in [-0.1, -0.05) is 43.5 Å². The van der Waals surface area contributed by atoms with Crippen LogP contribution in [0.2, 0.25) is 0 Å². The van der Waals surface area contributed by atoms with Crippen molar-refractivity contribution in [1.29, 1.82) is 0 Å². The lowest BCUT2D eigenvalue weighted by atomic mass is 9.94. The van der Waals surface area contributed by atoms with Gasteiger partial charge in [0.2, 0.25) is 5.91 Å². The highest BCUT2D eigenvalue weighted by atomic mass is 16.5. The second-order valence-electron chi connectivity index (χ2n) is 9.08. The Hall–Kier alpha value is -3.94. The van der Waals surface area contributed by atoms with E-state index in [9.17, 15) is 9.59 Å². The van der Waals surface area contributed by atoms with E-state index < -0.39 is 11.9 Å². The third-order valence-electron chi connectivity index (χ3n) is 6.76. The number of hydrogen-bond acceptors (Lipinski definition) is 6. The molecule has 8 nitrogen and oxygen atoms in total. The van der Waals surface area contributed by atoms with Crippen molar-refractivity contribution in [3.05, 3.63) is 77.7 Å². The Kier molecular flexibility index (Phi) is 8.72. The molecule has 1 saturated carbocycles. The molecular weight excluding hydrogens is 472 g/mol. The molecule has 1 atom stereocenters. The minimum atomic E-state index is -0.954. The van der Waals surface area contributed by atoms with Gasteiger partial charge >= 0.3 is 0 Å². The number of para-hydroxylation sites is 1. The first-order valence-corrected chi connectivity index (χ1v) is 12.5. The van der Waals surface area contributed by atoms with Crippen molar-refractivity contribution < 1.29 is 28.2 Å². The summed E-state index contributed by atoms with van der Waals surface area (Å²) in [5.74, 6) is 1.11. The molecule has 1 N–H and O–H groups in total. The lowest BCUT2D eigenvalue weighted by Gasteiger charge is -2.33. The topological polar surface area (TPSA) is 90.2 Å². The molecule has 37 heavy (non-hydrogen) atoms. The summed E-state index contributed by atoms with van der Waals surface area (Å²) in [6, 6.07) is 15.1. The largest absolute Gasteiger partial charge is 0.496 e. The maximum Gasteiger partial charge on any atom is 0.290 e. The zero-order valence-corrected chi connectivity index (χ0v) is 21.6. The molecule has 4 rings (SSSR count). The number of furan rings is 1. The summed E-state index contributed by atoms with van der Waals surface area (Å²) in [4.78, 5) is 29.4. The van der Waals surface area contributed by atoms with Gasteiger partial charge in [-0.2, -0.15) is 0 Å². The number of hydrogen-bond donors (Lipinski definition) is 1. The summed E-state index contributed by atoms with van der Waals surface area (Å²) in [5.41, 5.74) is 1.36. The number of benzene rings is 2. The predicted molar refractivity (Wildman–Crippen MR) is 139 cm³/mol. The van der Waals surface area contributed by atoms with Crippen LogP contribution in [-0.2, 0) is 11.3 Å². The molecule has 2 aromatic carbocycles. The van der Waals surface area contributed by atoms with Gasteiger partial charge in [-0.05, 0) is 48.7 Å². The van der Waals surface area contributed by atoms with Crippen LogP contribution in [0.4, 0.5) is 0 Å². The molecule has 0 radical (unpaired) electrons. The van der Waals surface area contributed by atoms with E-state index in [1.54, 1.807) is 51.7 Å². The van der Waals surface area contributed by atoms with Crippen LogP contribution in [0.3, 0.4) is 0 Å². The number of amides is 2. The minimum absolute atomic E-state index is 0.0655. The van der Waals surface area contributed by atoms with Crippen LogP contribution >= 0.6 is 0 Å². The number of carbonyl (C=O) groups is 2. The molecule has 1 fully saturated rings. The van der Waals surface area contributed by atoms with E-state index in [0.29, 0.717) is 22.8 Å². The average molecular weight is 507 g/mol. The smallest absolute Gasteiger partial charge is 0.290 e. The van der Waals surface area contributed by atoms with Gasteiger partial charge in [-0.15, -0.1) is 0 Å². The fourth-order valence-electron chi connectivity index (χ4n) is 4.86. The van der Waals surface area contributed by atoms with E-state index in [4.69, 9.17) is 18.6 Å². The van der Waals surface area contributed by atoms with Crippen molar-refractivity contribution in [2.45, 2.75) is 50.7 Å². The Morgan fingerprint density at radius 3 is 2.32 bits per heavy atom. The Morgan fingerprint density at radius 2 is 1.65 bits per heavy atom. The van der Waals surface area contributed by atoms with Gasteiger partial charge in [0.05, 0.1) is 34.1 Å². The van der Waals surface area contributed by atoms with Crippen LogP contribution in [0.25, 0.3) is 0 Å². The van der Waals surface area contributed by atoms with Gasteiger partial charge in [0, 0.05) is 11.6 Å². The number of nitrogens with zero attached hydrogens (tertiary/aromatic N) is 1. The van der Waals surface area contributed by atoms with Crippen LogP contribution < -0.4 is 19.5 Å². The van der Waals surface area contributed by atoms with Gasteiger partial charge in [0.1, 0.15) is 11.8 Å². The Balaban J connectivity index is 1.80. The maximum atomic E-state index is 14.0. The first kappa shape index (κ1) is 26.1. The van der Waals surface area contributed by atoms with E-state index in [0.717, 1.165) is 31.2 Å². The summed E-state index contributed by atoms with van der Waals surface area (Å²) in [7, 11) is 4.68. The van der Waals surface area contributed by atoms with E-state index in [2.05, 4.69) is 5.32 Å². The fraction of sp³-hybridized carbons (Fsp3) is 0.379. The highest BCUT2D eigenvalue weighted by molar-refractivity contribution is 5.96. The predicted octanol–water partition coefficient (Wildman–Crippen LogP) is 5.14. The van der Waals surface area contributed by atoms with E-state index in [-0.39, 0.29) is 24.3 Å². The van der Waals surface area contributed by atoms with E-state index in [1.807, 2.05) is 24.3 Å². The van der Waals surface area contributed by atoms with Crippen molar-refractivity contribution in [3.8, 4) is 17.2 Å². The molecule has 1 heterocycles. The summed E-state index contributed by atoms with van der Waals surface area (Å²) in [6.07, 6.45) is 6.60.